The van der Waals surface area contributed by atoms with E-state index >= 15 is 0 Å². The first kappa shape index (κ1) is 14.8. The third-order valence-corrected chi connectivity index (χ3v) is 4.69. The number of nitrogens with zero attached hydrogens (tertiary/aromatic N) is 4. The van der Waals surface area contributed by atoms with Crippen LogP contribution in [0.15, 0.2) is 54.9 Å². The summed E-state index contributed by atoms with van der Waals surface area (Å²) in [6, 6.07) is 14.4. The normalized spacial score (nSPS) is 11.0. The lowest BCUT2D eigenvalue weighted by molar-refractivity contribution is 0.985. The molecule has 1 aromatic carbocycles. The van der Waals surface area contributed by atoms with Crippen LogP contribution in [0.5, 0.6) is 0 Å². The van der Waals surface area contributed by atoms with Crippen molar-refractivity contribution in [2.75, 3.05) is 5.32 Å². The molecule has 120 valence electrons. The number of rotatable bonds is 5. The highest BCUT2D eigenvalue weighted by Gasteiger charge is 2.07. The summed E-state index contributed by atoms with van der Waals surface area (Å²) in [5.41, 5.74) is 4.40. The molecule has 0 bridgehead atoms. The van der Waals surface area contributed by atoms with Crippen LogP contribution in [0, 0.1) is 6.92 Å². The first-order valence-corrected chi connectivity index (χ1v) is 8.63. The molecule has 0 fully saturated rings. The minimum atomic E-state index is 0.640. The van der Waals surface area contributed by atoms with Crippen molar-refractivity contribution in [2.24, 2.45) is 0 Å². The number of imidazole rings is 1. The molecule has 3 heterocycles. The van der Waals surface area contributed by atoms with E-state index in [0.717, 1.165) is 27.9 Å². The number of anilines is 1. The minimum Gasteiger partial charge on any atom is -0.354 e. The lowest BCUT2D eigenvalue weighted by Crippen LogP contribution is -1.98. The average molecular weight is 335 g/mol. The van der Waals surface area contributed by atoms with Gasteiger partial charge in [-0.25, -0.2) is 4.98 Å². The van der Waals surface area contributed by atoms with Crippen LogP contribution in [0.1, 0.15) is 21.8 Å². The molecule has 0 atom stereocenters. The Morgan fingerprint density at radius 3 is 2.79 bits per heavy atom. The molecule has 0 spiro atoms. The summed E-state index contributed by atoms with van der Waals surface area (Å²) in [6.45, 7) is 2.71. The second-order valence-electron chi connectivity index (χ2n) is 5.67. The summed E-state index contributed by atoms with van der Waals surface area (Å²) in [6.07, 6.45) is 4.87. The molecular formula is C18H17N5S. The SMILES string of the molecule is Cc1cccn2cc(CNc3nnc(Cc4ccccc4)s3)nc12. The van der Waals surface area contributed by atoms with Gasteiger partial charge in [0, 0.05) is 18.8 Å². The highest BCUT2D eigenvalue weighted by molar-refractivity contribution is 7.15. The molecule has 4 aromatic rings. The van der Waals surface area contributed by atoms with Gasteiger partial charge in [0.15, 0.2) is 0 Å². The molecule has 0 radical (unpaired) electrons. The van der Waals surface area contributed by atoms with Gasteiger partial charge in [-0.3, -0.25) is 0 Å². The minimum absolute atomic E-state index is 0.640. The molecule has 3 aromatic heterocycles. The Bertz CT molecular complexity index is 958. The molecule has 0 aliphatic carbocycles. The Hall–Kier alpha value is -2.73. The summed E-state index contributed by atoms with van der Waals surface area (Å²) < 4.78 is 2.05. The maximum atomic E-state index is 4.66. The van der Waals surface area contributed by atoms with Crippen LogP contribution in [-0.2, 0) is 13.0 Å². The van der Waals surface area contributed by atoms with Gasteiger partial charge in [-0.2, -0.15) is 0 Å². The van der Waals surface area contributed by atoms with Crippen molar-refractivity contribution in [3.63, 3.8) is 0 Å². The van der Waals surface area contributed by atoms with Gasteiger partial charge < -0.3 is 9.72 Å². The van der Waals surface area contributed by atoms with Gasteiger partial charge in [0.2, 0.25) is 5.13 Å². The van der Waals surface area contributed by atoms with Crippen molar-refractivity contribution in [3.05, 3.63) is 76.7 Å². The average Bonchev–Trinajstić information content (AvgIpc) is 3.21. The fourth-order valence-electron chi connectivity index (χ4n) is 2.62. The van der Waals surface area contributed by atoms with Gasteiger partial charge in [-0.05, 0) is 24.1 Å². The summed E-state index contributed by atoms with van der Waals surface area (Å²) in [7, 11) is 0. The van der Waals surface area contributed by atoms with E-state index in [9.17, 15) is 0 Å². The molecule has 5 nitrogen and oxygen atoms in total. The zero-order valence-corrected chi connectivity index (χ0v) is 14.1. The Morgan fingerprint density at radius 1 is 1.08 bits per heavy atom. The molecule has 6 heteroatoms. The molecule has 0 amide bonds. The number of aromatic nitrogens is 4. The highest BCUT2D eigenvalue weighted by Crippen LogP contribution is 2.19. The number of benzene rings is 1. The van der Waals surface area contributed by atoms with Gasteiger partial charge in [-0.1, -0.05) is 47.7 Å². The molecule has 1 N–H and O–H groups in total. The molecule has 4 rings (SSSR count). The van der Waals surface area contributed by atoms with Crippen LogP contribution < -0.4 is 5.32 Å². The molecule has 0 unspecified atom stereocenters. The molecule has 24 heavy (non-hydrogen) atoms. The molecule has 0 aliphatic rings. The fraction of sp³-hybridized carbons (Fsp3) is 0.167. The van der Waals surface area contributed by atoms with E-state index in [0.29, 0.717) is 6.54 Å². The van der Waals surface area contributed by atoms with Gasteiger partial charge >= 0.3 is 0 Å². The van der Waals surface area contributed by atoms with Gasteiger partial charge in [-0.15, -0.1) is 10.2 Å². The van der Waals surface area contributed by atoms with Crippen molar-refractivity contribution in [2.45, 2.75) is 19.9 Å². The summed E-state index contributed by atoms with van der Waals surface area (Å²) in [5, 5.41) is 13.6. The predicted molar refractivity (Wildman–Crippen MR) is 96.4 cm³/mol. The van der Waals surface area contributed by atoms with E-state index in [1.54, 1.807) is 11.3 Å². The Kier molecular flexibility index (Phi) is 3.96. The highest BCUT2D eigenvalue weighted by atomic mass is 32.1. The third-order valence-electron chi connectivity index (χ3n) is 3.81. The monoisotopic (exact) mass is 335 g/mol. The Balaban J connectivity index is 1.43. The van der Waals surface area contributed by atoms with Crippen molar-refractivity contribution in [3.8, 4) is 0 Å². The zero-order chi connectivity index (χ0) is 16.4. The van der Waals surface area contributed by atoms with Crippen LogP contribution in [0.25, 0.3) is 5.65 Å². The lowest BCUT2D eigenvalue weighted by Gasteiger charge is -1.97. The molecule has 0 saturated carbocycles. The number of fused-ring (bicyclic) bond motifs is 1. The Labute approximate surface area is 144 Å². The van der Waals surface area contributed by atoms with Gasteiger partial charge in [0.1, 0.15) is 10.7 Å². The number of hydrogen-bond acceptors (Lipinski definition) is 5. The summed E-state index contributed by atoms with van der Waals surface area (Å²) >= 11 is 1.59. The van der Waals surface area contributed by atoms with E-state index in [2.05, 4.69) is 45.6 Å². The maximum absolute atomic E-state index is 4.66. The summed E-state index contributed by atoms with van der Waals surface area (Å²) in [5.74, 6) is 0. The van der Waals surface area contributed by atoms with Crippen molar-refractivity contribution >= 4 is 22.1 Å². The third kappa shape index (κ3) is 3.14. The predicted octanol–water partition coefficient (Wildman–Crippen LogP) is 3.70. The van der Waals surface area contributed by atoms with Crippen LogP contribution in [0.4, 0.5) is 5.13 Å². The second kappa shape index (κ2) is 6.41. The topological polar surface area (TPSA) is 55.1 Å². The van der Waals surface area contributed by atoms with Crippen molar-refractivity contribution in [1.82, 2.24) is 19.6 Å². The fourth-order valence-corrected chi connectivity index (χ4v) is 3.39. The second-order valence-corrected chi connectivity index (χ2v) is 6.73. The quantitative estimate of drug-likeness (QED) is 0.604. The van der Waals surface area contributed by atoms with E-state index < -0.39 is 0 Å². The van der Waals surface area contributed by atoms with Gasteiger partial charge in [0.25, 0.3) is 0 Å². The van der Waals surface area contributed by atoms with Crippen molar-refractivity contribution in [1.29, 1.82) is 0 Å². The number of pyridine rings is 1. The first-order valence-electron chi connectivity index (χ1n) is 7.81. The van der Waals surface area contributed by atoms with E-state index in [4.69, 9.17) is 0 Å². The first-order chi connectivity index (χ1) is 11.8. The standard InChI is InChI=1S/C18H17N5S/c1-13-6-5-9-23-12-15(20-17(13)23)11-19-18-22-21-16(24-18)10-14-7-3-2-4-8-14/h2-9,12H,10-11H2,1H3,(H,19,22). The van der Waals surface area contributed by atoms with Gasteiger partial charge in [0.05, 0.1) is 12.2 Å². The van der Waals surface area contributed by atoms with Crippen molar-refractivity contribution < 1.29 is 0 Å². The molecular weight excluding hydrogens is 318 g/mol. The molecule has 0 saturated heterocycles. The summed E-state index contributed by atoms with van der Waals surface area (Å²) in [4.78, 5) is 4.66. The maximum Gasteiger partial charge on any atom is 0.206 e. The number of nitrogens with one attached hydrogen (secondary N) is 1. The van der Waals surface area contributed by atoms with E-state index in [1.165, 1.54) is 11.1 Å². The number of aryl methyl sites for hydroxylation is 1. The zero-order valence-electron chi connectivity index (χ0n) is 13.3. The van der Waals surface area contributed by atoms with Crippen LogP contribution >= 0.6 is 11.3 Å². The Morgan fingerprint density at radius 2 is 1.96 bits per heavy atom. The lowest BCUT2D eigenvalue weighted by atomic mass is 10.2. The van der Waals surface area contributed by atoms with E-state index in [1.807, 2.05) is 41.1 Å². The molecule has 0 aliphatic heterocycles. The number of hydrogen-bond donors (Lipinski definition) is 1. The largest absolute Gasteiger partial charge is 0.354 e. The van der Waals surface area contributed by atoms with Crippen LogP contribution in [0.3, 0.4) is 0 Å². The van der Waals surface area contributed by atoms with Crippen LogP contribution in [-0.4, -0.2) is 19.6 Å². The smallest absolute Gasteiger partial charge is 0.206 e. The van der Waals surface area contributed by atoms with Crippen LogP contribution in [0.2, 0.25) is 0 Å². The van der Waals surface area contributed by atoms with E-state index in [-0.39, 0.29) is 0 Å².